The number of hydrogen-bond donors (Lipinski definition) is 1. The summed E-state index contributed by atoms with van der Waals surface area (Å²) in [7, 11) is 0. The number of carbonyl (C=O) groups is 2. The Morgan fingerprint density at radius 3 is 1.68 bits per heavy atom. The Balaban J connectivity index is 3.41. The number of carbonyl (C=O) groups excluding carboxylic acids is 1. The molecule has 4 nitrogen and oxygen atoms in total. The largest absolute Gasteiger partial charge is 0.481 e. The average Bonchev–Trinajstić information content (AvgIpc) is 2.75. The van der Waals surface area contributed by atoms with Gasteiger partial charge in [0.25, 0.3) is 0 Å². The van der Waals surface area contributed by atoms with Crippen LogP contribution in [0.1, 0.15) is 136 Å². The van der Waals surface area contributed by atoms with E-state index < -0.39 is 11.9 Å². The quantitative estimate of drug-likeness (QED) is 0.0991. The van der Waals surface area contributed by atoms with Crippen molar-refractivity contribution < 1.29 is 19.4 Å². The highest BCUT2D eigenvalue weighted by Gasteiger charge is 2.21. The molecule has 31 heavy (non-hydrogen) atoms. The van der Waals surface area contributed by atoms with Crippen molar-refractivity contribution in [2.24, 2.45) is 5.92 Å². The summed E-state index contributed by atoms with van der Waals surface area (Å²) in [5, 5.41) is 9.28. The third kappa shape index (κ3) is 21.7. The van der Waals surface area contributed by atoms with Gasteiger partial charge in [-0.3, -0.25) is 9.59 Å². The van der Waals surface area contributed by atoms with E-state index in [4.69, 9.17) is 4.74 Å². The van der Waals surface area contributed by atoms with E-state index in [2.05, 4.69) is 19.1 Å². The summed E-state index contributed by atoms with van der Waals surface area (Å²) < 4.78 is 5.01. The van der Waals surface area contributed by atoms with Gasteiger partial charge in [0.05, 0.1) is 18.9 Å². The monoisotopic (exact) mass is 438 g/mol. The molecule has 0 bridgehead atoms. The molecular formula is C27H50O4. The third-order valence-corrected chi connectivity index (χ3v) is 5.77. The van der Waals surface area contributed by atoms with Gasteiger partial charge in [-0.1, -0.05) is 109 Å². The van der Waals surface area contributed by atoms with E-state index in [1.54, 1.807) is 0 Å². The molecular weight excluding hydrogens is 388 g/mol. The number of aliphatic carboxylic acids is 1. The van der Waals surface area contributed by atoms with Crippen LogP contribution in [0.25, 0.3) is 0 Å². The van der Waals surface area contributed by atoms with Gasteiger partial charge in [-0.15, -0.1) is 0 Å². The molecule has 0 radical (unpaired) electrons. The van der Waals surface area contributed by atoms with Crippen LogP contribution in [0.5, 0.6) is 0 Å². The van der Waals surface area contributed by atoms with Gasteiger partial charge in [0.15, 0.2) is 0 Å². The summed E-state index contributed by atoms with van der Waals surface area (Å²) >= 11 is 0. The predicted molar refractivity (Wildman–Crippen MR) is 130 cm³/mol. The van der Waals surface area contributed by atoms with Gasteiger partial charge in [-0.2, -0.15) is 0 Å². The Labute approximate surface area is 192 Å². The first-order valence-electron chi connectivity index (χ1n) is 13.1. The molecule has 0 aliphatic heterocycles. The van der Waals surface area contributed by atoms with Crippen LogP contribution in [-0.4, -0.2) is 23.7 Å². The number of esters is 1. The Hall–Kier alpha value is -1.32. The smallest absolute Gasteiger partial charge is 0.307 e. The van der Waals surface area contributed by atoms with E-state index in [-0.39, 0.29) is 12.4 Å². The van der Waals surface area contributed by atoms with Crippen molar-refractivity contribution in [3.8, 4) is 0 Å². The number of ether oxygens (including phenoxy) is 1. The summed E-state index contributed by atoms with van der Waals surface area (Å²) in [6.45, 7) is 4.53. The SMILES string of the molecule is CCC/C=C/CCCCCCCCCCCCCCCC(CC(=O)OCCC)C(=O)O. The summed E-state index contributed by atoms with van der Waals surface area (Å²) in [4.78, 5) is 22.9. The van der Waals surface area contributed by atoms with E-state index in [9.17, 15) is 14.7 Å². The van der Waals surface area contributed by atoms with Gasteiger partial charge in [0.1, 0.15) is 0 Å². The van der Waals surface area contributed by atoms with Crippen LogP contribution in [0.2, 0.25) is 0 Å². The lowest BCUT2D eigenvalue weighted by Crippen LogP contribution is -2.19. The standard InChI is InChI=1S/C27H50O4/c1-3-5-6-7-8-9-10-11-12-13-14-15-16-17-18-19-20-21-22-25(27(29)30)24-26(28)31-23-4-2/h6-7,25H,3-5,8-24H2,1-2H3,(H,29,30)/b7-6+. The second kappa shape index (κ2) is 23.3. The first-order chi connectivity index (χ1) is 15.1. The molecule has 0 aromatic heterocycles. The molecule has 0 spiro atoms. The zero-order valence-corrected chi connectivity index (χ0v) is 20.5. The van der Waals surface area contributed by atoms with E-state index >= 15 is 0 Å². The Bertz CT molecular complexity index is 445. The van der Waals surface area contributed by atoms with Crippen LogP contribution in [0.15, 0.2) is 12.2 Å². The van der Waals surface area contributed by atoms with Gasteiger partial charge in [-0.25, -0.2) is 0 Å². The van der Waals surface area contributed by atoms with Gasteiger partial charge < -0.3 is 9.84 Å². The lowest BCUT2D eigenvalue weighted by atomic mass is 9.97. The summed E-state index contributed by atoms with van der Waals surface area (Å²) in [5.74, 6) is -1.85. The molecule has 0 saturated heterocycles. The van der Waals surface area contributed by atoms with Crippen LogP contribution >= 0.6 is 0 Å². The Kier molecular flexibility index (Phi) is 22.4. The topological polar surface area (TPSA) is 63.6 Å². The van der Waals surface area contributed by atoms with Crippen LogP contribution < -0.4 is 0 Å². The van der Waals surface area contributed by atoms with E-state index in [1.165, 1.54) is 89.9 Å². The maximum atomic E-state index is 11.6. The van der Waals surface area contributed by atoms with Crippen molar-refractivity contribution in [2.45, 2.75) is 136 Å². The summed E-state index contributed by atoms with van der Waals surface area (Å²) in [6, 6.07) is 0. The summed E-state index contributed by atoms with van der Waals surface area (Å²) in [5.41, 5.74) is 0. The fourth-order valence-electron chi connectivity index (χ4n) is 3.79. The van der Waals surface area contributed by atoms with Crippen molar-refractivity contribution in [1.82, 2.24) is 0 Å². The Morgan fingerprint density at radius 1 is 0.710 bits per heavy atom. The highest BCUT2D eigenvalue weighted by Crippen LogP contribution is 2.17. The second-order valence-corrected chi connectivity index (χ2v) is 8.89. The minimum absolute atomic E-state index is 0.00530. The van der Waals surface area contributed by atoms with Gasteiger partial charge >= 0.3 is 11.9 Å². The molecule has 0 aliphatic rings. The van der Waals surface area contributed by atoms with Gasteiger partial charge in [-0.05, 0) is 32.1 Å². The average molecular weight is 439 g/mol. The Morgan fingerprint density at radius 2 is 1.19 bits per heavy atom. The number of carboxylic acid groups (broad SMARTS) is 1. The minimum Gasteiger partial charge on any atom is -0.481 e. The first kappa shape index (κ1) is 29.7. The van der Waals surface area contributed by atoms with Crippen molar-refractivity contribution in [2.75, 3.05) is 6.61 Å². The zero-order valence-electron chi connectivity index (χ0n) is 20.5. The highest BCUT2D eigenvalue weighted by atomic mass is 16.5. The third-order valence-electron chi connectivity index (χ3n) is 5.77. The number of carboxylic acids is 1. The fourth-order valence-corrected chi connectivity index (χ4v) is 3.79. The molecule has 0 aromatic carbocycles. The maximum Gasteiger partial charge on any atom is 0.307 e. The lowest BCUT2D eigenvalue weighted by molar-refractivity contribution is -0.151. The molecule has 0 aromatic rings. The van der Waals surface area contributed by atoms with Crippen LogP contribution in [0, 0.1) is 5.92 Å². The molecule has 0 amide bonds. The molecule has 0 saturated carbocycles. The fraction of sp³-hybridized carbons (Fsp3) is 0.852. The second-order valence-electron chi connectivity index (χ2n) is 8.89. The van der Waals surface area contributed by atoms with Crippen molar-refractivity contribution in [3.63, 3.8) is 0 Å². The zero-order chi connectivity index (χ0) is 23.0. The molecule has 0 fully saturated rings. The number of allylic oxidation sites excluding steroid dienone is 2. The molecule has 0 aliphatic carbocycles. The van der Waals surface area contributed by atoms with Crippen LogP contribution in [-0.2, 0) is 14.3 Å². The van der Waals surface area contributed by atoms with E-state index in [0.29, 0.717) is 13.0 Å². The normalized spacial score (nSPS) is 12.3. The lowest BCUT2D eigenvalue weighted by Gasteiger charge is -2.11. The van der Waals surface area contributed by atoms with E-state index in [0.717, 1.165) is 19.3 Å². The molecule has 0 rings (SSSR count). The molecule has 4 heteroatoms. The first-order valence-corrected chi connectivity index (χ1v) is 13.1. The van der Waals surface area contributed by atoms with E-state index in [1.807, 2.05) is 6.92 Å². The number of hydrogen-bond acceptors (Lipinski definition) is 3. The summed E-state index contributed by atoms with van der Waals surface area (Å²) in [6.07, 6.45) is 26.3. The minimum atomic E-state index is -0.878. The van der Waals surface area contributed by atoms with Crippen molar-refractivity contribution >= 4 is 11.9 Å². The number of unbranched alkanes of at least 4 members (excludes halogenated alkanes) is 14. The van der Waals surface area contributed by atoms with Crippen LogP contribution in [0.4, 0.5) is 0 Å². The van der Waals surface area contributed by atoms with Crippen molar-refractivity contribution in [1.29, 1.82) is 0 Å². The maximum absolute atomic E-state index is 11.6. The number of rotatable bonds is 23. The molecule has 1 N–H and O–H groups in total. The molecule has 1 atom stereocenters. The molecule has 182 valence electrons. The highest BCUT2D eigenvalue weighted by molar-refractivity contribution is 5.78. The predicted octanol–water partition coefficient (Wildman–Crippen LogP) is 8.24. The van der Waals surface area contributed by atoms with Gasteiger partial charge in [0, 0.05) is 0 Å². The molecule has 1 unspecified atom stereocenters. The van der Waals surface area contributed by atoms with Crippen LogP contribution in [0.3, 0.4) is 0 Å². The van der Waals surface area contributed by atoms with Crippen molar-refractivity contribution in [3.05, 3.63) is 12.2 Å². The van der Waals surface area contributed by atoms with Gasteiger partial charge in [0.2, 0.25) is 0 Å². The molecule has 0 heterocycles.